The monoisotopic (exact) mass is 376 g/mol. The Hall–Kier alpha value is -2.25. The van der Waals surface area contributed by atoms with Crippen LogP contribution in [0.4, 0.5) is 4.39 Å². The van der Waals surface area contributed by atoms with E-state index in [1.807, 2.05) is 13.8 Å². The van der Waals surface area contributed by atoms with Crippen molar-refractivity contribution in [2.45, 2.75) is 18.7 Å². The maximum Gasteiger partial charge on any atom is 0.285 e. The zero-order valence-electron chi connectivity index (χ0n) is 14.0. The third-order valence-corrected chi connectivity index (χ3v) is 6.28. The summed E-state index contributed by atoms with van der Waals surface area (Å²) in [5.41, 5.74) is 2.62. The van der Waals surface area contributed by atoms with Gasteiger partial charge in [0.25, 0.3) is 10.0 Å². The molecule has 0 unspecified atom stereocenters. The van der Waals surface area contributed by atoms with E-state index in [1.54, 1.807) is 48.0 Å². The third-order valence-electron chi connectivity index (χ3n) is 3.83. The van der Waals surface area contributed by atoms with Crippen molar-refractivity contribution in [3.8, 4) is 11.3 Å². The molecule has 3 aromatic rings. The van der Waals surface area contributed by atoms with Gasteiger partial charge in [0.1, 0.15) is 5.82 Å². The molecule has 4 nitrogen and oxygen atoms in total. The fourth-order valence-corrected chi connectivity index (χ4v) is 4.75. The van der Waals surface area contributed by atoms with Gasteiger partial charge in [-0.05, 0) is 55.8 Å². The first-order valence-electron chi connectivity index (χ1n) is 7.58. The Morgan fingerprint density at radius 1 is 1.00 bits per heavy atom. The van der Waals surface area contributed by atoms with Crippen molar-refractivity contribution in [2.24, 2.45) is 11.4 Å². The number of sulfonamides is 1. The molecular weight excluding hydrogens is 359 g/mol. The molecule has 0 N–H and O–H groups in total. The minimum Gasteiger partial charge on any atom is -0.319 e. The van der Waals surface area contributed by atoms with Crippen LogP contribution in [-0.2, 0) is 17.1 Å². The lowest BCUT2D eigenvalue weighted by atomic mass is 10.1. The fraction of sp³-hybridized carbons (Fsp3) is 0.167. The van der Waals surface area contributed by atoms with Crippen molar-refractivity contribution in [3.63, 3.8) is 0 Å². The molecule has 1 aromatic heterocycles. The average molecular weight is 376 g/mol. The lowest BCUT2D eigenvalue weighted by Gasteiger charge is -2.04. The van der Waals surface area contributed by atoms with Crippen molar-refractivity contribution < 1.29 is 12.8 Å². The molecule has 0 saturated heterocycles. The number of hydrogen-bond acceptors (Lipinski definition) is 3. The van der Waals surface area contributed by atoms with E-state index in [4.69, 9.17) is 0 Å². The van der Waals surface area contributed by atoms with E-state index >= 15 is 0 Å². The van der Waals surface area contributed by atoms with Gasteiger partial charge in [-0.25, -0.2) is 4.39 Å². The van der Waals surface area contributed by atoms with E-state index in [0.29, 0.717) is 4.80 Å². The Labute approximate surface area is 150 Å². The summed E-state index contributed by atoms with van der Waals surface area (Å²) in [4.78, 5) is 1.44. The molecule has 3 rings (SSSR count). The number of rotatable bonds is 3. The molecule has 0 spiro atoms. The summed E-state index contributed by atoms with van der Waals surface area (Å²) in [6.07, 6.45) is 0. The molecule has 0 atom stereocenters. The molecule has 0 amide bonds. The van der Waals surface area contributed by atoms with Gasteiger partial charge in [-0.2, -0.15) is 8.42 Å². The van der Waals surface area contributed by atoms with Gasteiger partial charge in [0.2, 0.25) is 4.80 Å². The number of nitrogens with zero attached hydrogens (tertiary/aromatic N) is 2. The molecule has 0 aliphatic heterocycles. The Bertz CT molecular complexity index is 1080. The number of thiazole rings is 1. The standard InChI is InChI=1S/C18H17FN2O2S2/c1-12-4-10-16(11-5-12)25(22,23)20-18-21(3)17(13(2)24-18)14-6-8-15(19)9-7-14/h4-11H,1-3H3. The van der Waals surface area contributed by atoms with Crippen LogP contribution < -0.4 is 4.80 Å². The highest BCUT2D eigenvalue weighted by molar-refractivity contribution is 7.90. The first-order valence-corrected chi connectivity index (χ1v) is 9.83. The molecule has 1 heterocycles. The highest BCUT2D eigenvalue weighted by Gasteiger charge is 2.15. The first-order chi connectivity index (χ1) is 11.8. The van der Waals surface area contributed by atoms with Crippen LogP contribution in [0.15, 0.2) is 57.8 Å². The Kier molecular flexibility index (Phi) is 4.62. The van der Waals surface area contributed by atoms with Crippen molar-refractivity contribution in [1.82, 2.24) is 4.57 Å². The van der Waals surface area contributed by atoms with Gasteiger partial charge in [0, 0.05) is 11.9 Å². The number of benzene rings is 2. The molecule has 0 radical (unpaired) electrons. The summed E-state index contributed by atoms with van der Waals surface area (Å²) in [5, 5.41) is 0. The van der Waals surface area contributed by atoms with Crippen LogP contribution in [0.5, 0.6) is 0 Å². The van der Waals surface area contributed by atoms with Gasteiger partial charge in [0.15, 0.2) is 0 Å². The number of hydrogen-bond donors (Lipinski definition) is 0. The minimum atomic E-state index is -3.79. The minimum absolute atomic E-state index is 0.160. The van der Waals surface area contributed by atoms with Crippen LogP contribution in [0.3, 0.4) is 0 Å². The van der Waals surface area contributed by atoms with Gasteiger partial charge in [-0.15, -0.1) is 15.7 Å². The Morgan fingerprint density at radius 2 is 1.60 bits per heavy atom. The van der Waals surface area contributed by atoms with Crippen molar-refractivity contribution in [2.75, 3.05) is 0 Å². The highest BCUT2D eigenvalue weighted by atomic mass is 32.2. The van der Waals surface area contributed by atoms with Gasteiger partial charge in [-0.3, -0.25) is 0 Å². The summed E-state index contributed by atoms with van der Waals surface area (Å²) in [6.45, 7) is 3.78. The van der Waals surface area contributed by atoms with Crippen molar-refractivity contribution >= 4 is 21.4 Å². The average Bonchev–Trinajstić information content (AvgIpc) is 2.82. The van der Waals surface area contributed by atoms with Crippen LogP contribution in [0.2, 0.25) is 0 Å². The van der Waals surface area contributed by atoms with Crippen LogP contribution in [0.1, 0.15) is 10.4 Å². The van der Waals surface area contributed by atoms with E-state index < -0.39 is 10.0 Å². The molecular formula is C18H17FN2O2S2. The quantitative estimate of drug-likeness (QED) is 0.698. The number of aromatic nitrogens is 1. The van der Waals surface area contributed by atoms with Gasteiger partial charge in [0.05, 0.1) is 10.6 Å². The lowest BCUT2D eigenvalue weighted by molar-refractivity contribution is 0.596. The highest BCUT2D eigenvalue weighted by Crippen LogP contribution is 2.25. The summed E-state index contributed by atoms with van der Waals surface area (Å²) < 4.78 is 43.9. The van der Waals surface area contributed by atoms with E-state index in [0.717, 1.165) is 21.7 Å². The van der Waals surface area contributed by atoms with Crippen LogP contribution in [0, 0.1) is 19.7 Å². The topological polar surface area (TPSA) is 51.4 Å². The molecule has 0 bridgehead atoms. The molecule has 7 heteroatoms. The van der Waals surface area contributed by atoms with Crippen LogP contribution in [0.25, 0.3) is 11.3 Å². The predicted octanol–water partition coefficient (Wildman–Crippen LogP) is 3.80. The summed E-state index contributed by atoms with van der Waals surface area (Å²) in [6, 6.07) is 12.7. The molecule has 25 heavy (non-hydrogen) atoms. The molecule has 0 aliphatic rings. The van der Waals surface area contributed by atoms with Gasteiger partial charge in [-0.1, -0.05) is 17.7 Å². The second-order valence-electron chi connectivity index (χ2n) is 5.73. The Morgan fingerprint density at radius 3 is 2.20 bits per heavy atom. The molecule has 2 aromatic carbocycles. The molecule has 0 fully saturated rings. The maximum absolute atomic E-state index is 13.1. The van der Waals surface area contributed by atoms with E-state index in [2.05, 4.69) is 4.40 Å². The molecule has 0 aliphatic carbocycles. The third kappa shape index (κ3) is 3.57. The van der Waals surface area contributed by atoms with Gasteiger partial charge >= 0.3 is 0 Å². The Balaban J connectivity index is 2.12. The van der Waals surface area contributed by atoms with Crippen molar-refractivity contribution in [3.05, 3.63) is 69.6 Å². The van der Waals surface area contributed by atoms with Crippen LogP contribution >= 0.6 is 11.3 Å². The molecule has 130 valence electrons. The van der Waals surface area contributed by atoms with Crippen LogP contribution in [-0.4, -0.2) is 13.0 Å². The fourth-order valence-electron chi connectivity index (χ4n) is 2.54. The van der Waals surface area contributed by atoms with Gasteiger partial charge < -0.3 is 4.57 Å². The van der Waals surface area contributed by atoms with E-state index in [-0.39, 0.29) is 10.7 Å². The predicted molar refractivity (Wildman–Crippen MR) is 97.3 cm³/mol. The smallest absolute Gasteiger partial charge is 0.285 e. The maximum atomic E-state index is 13.1. The van der Waals surface area contributed by atoms with E-state index in [1.165, 1.54) is 23.5 Å². The van der Waals surface area contributed by atoms with Crippen molar-refractivity contribution in [1.29, 1.82) is 0 Å². The molecule has 0 saturated carbocycles. The zero-order valence-corrected chi connectivity index (χ0v) is 15.7. The summed E-state index contributed by atoms with van der Waals surface area (Å²) in [5.74, 6) is -0.314. The first kappa shape index (κ1) is 17.6. The van der Waals surface area contributed by atoms with E-state index in [9.17, 15) is 12.8 Å². The normalized spacial score (nSPS) is 12.6. The second kappa shape index (κ2) is 6.57. The number of halogens is 1. The SMILES string of the molecule is Cc1ccc(S(=O)(=O)N=c2sc(C)c(-c3ccc(F)cc3)n2C)cc1. The summed E-state index contributed by atoms with van der Waals surface area (Å²) >= 11 is 1.29. The summed E-state index contributed by atoms with van der Waals surface area (Å²) in [7, 11) is -2.03. The lowest BCUT2D eigenvalue weighted by Crippen LogP contribution is -2.14. The number of aryl methyl sites for hydroxylation is 2. The second-order valence-corrected chi connectivity index (χ2v) is 8.52. The largest absolute Gasteiger partial charge is 0.319 e. The zero-order chi connectivity index (χ0) is 18.2.